The van der Waals surface area contributed by atoms with E-state index in [9.17, 15) is 9.59 Å². The van der Waals surface area contributed by atoms with E-state index in [0.29, 0.717) is 23.6 Å². The Bertz CT molecular complexity index is 738. The van der Waals surface area contributed by atoms with Gasteiger partial charge in [-0.2, -0.15) is 11.8 Å². The molecule has 2 aromatic rings. The molecule has 3 amide bonds. The largest absolute Gasteiger partial charge is 0.457 e. The smallest absolute Gasteiger partial charge is 0.312 e. The summed E-state index contributed by atoms with van der Waals surface area (Å²) in [6, 6.07) is 13.1. The Balaban J connectivity index is 1.97. The van der Waals surface area contributed by atoms with Crippen LogP contribution in [0.2, 0.25) is 0 Å². The van der Waals surface area contributed by atoms with Crippen molar-refractivity contribution < 1.29 is 14.3 Å². The minimum Gasteiger partial charge on any atom is -0.457 e. The number of nitrogens with one attached hydrogen (secondary N) is 2. The normalized spacial score (nSPS) is 11.5. The standard InChI is InChI=1S/C18H20BrN3O3S/c1-26-11-10-16(22-18(20)24)17(23)21-13-4-8-15(9-5-13)25-14-6-2-12(19)3-7-14/h2-9,16H,10-11H2,1H3,(H,21,23)(H3,20,22,24). The minimum absolute atomic E-state index is 0.306. The molecule has 0 aliphatic heterocycles. The van der Waals surface area contributed by atoms with Crippen LogP contribution < -0.4 is 21.1 Å². The summed E-state index contributed by atoms with van der Waals surface area (Å²) in [4.78, 5) is 23.4. The molecule has 0 aromatic heterocycles. The highest BCUT2D eigenvalue weighted by atomic mass is 79.9. The van der Waals surface area contributed by atoms with Gasteiger partial charge in [-0.3, -0.25) is 4.79 Å². The summed E-state index contributed by atoms with van der Waals surface area (Å²) in [6.07, 6.45) is 2.43. The second-order valence-corrected chi connectivity index (χ2v) is 7.31. The van der Waals surface area contributed by atoms with E-state index >= 15 is 0 Å². The zero-order valence-electron chi connectivity index (χ0n) is 14.2. The summed E-state index contributed by atoms with van der Waals surface area (Å²) in [5.74, 6) is 1.80. The zero-order valence-corrected chi connectivity index (χ0v) is 16.6. The fourth-order valence-corrected chi connectivity index (χ4v) is 2.89. The Morgan fingerprint density at radius 1 is 1.12 bits per heavy atom. The van der Waals surface area contributed by atoms with Crippen LogP contribution in [0, 0.1) is 0 Å². The van der Waals surface area contributed by atoms with Crippen molar-refractivity contribution in [3.63, 3.8) is 0 Å². The molecular weight excluding hydrogens is 418 g/mol. The van der Waals surface area contributed by atoms with Crippen LogP contribution in [0.15, 0.2) is 53.0 Å². The van der Waals surface area contributed by atoms with E-state index < -0.39 is 12.1 Å². The SMILES string of the molecule is CSCCC(NC(N)=O)C(=O)Nc1ccc(Oc2ccc(Br)cc2)cc1. The second kappa shape index (κ2) is 10.1. The first-order valence-electron chi connectivity index (χ1n) is 7.87. The van der Waals surface area contributed by atoms with Crippen LogP contribution in [0.5, 0.6) is 11.5 Å². The quantitative estimate of drug-likeness (QED) is 0.582. The Labute approximate surface area is 165 Å². The van der Waals surface area contributed by atoms with Gasteiger partial charge in [-0.1, -0.05) is 15.9 Å². The fraction of sp³-hybridized carbons (Fsp3) is 0.222. The number of hydrogen-bond donors (Lipinski definition) is 3. The Hall–Kier alpha value is -2.19. The van der Waals surface area contributed by atoms with Gasteiger partial charge >= 0.3 is 6.03 Å². The van der Waals surface area contributed by atoms with Crippen LogP contribution in [0.25, 0.3) is 0 Å². The molecule has 26 heavy (non-hydrogen) atoms. The molecule has 2 rings (SSSR count). The van der Waals surface area contributed by atoms with Gasteiger partial charge in [0.15, 0.2) is 0 Å². The van der Waals surface area contributed by atoms with Crippen molar-refractivity contribution in [3.05, 3.63) is 53.0 Å². The third kappa shape index (κ3) is 6.61. The minimum atomic E-state index is -0.718. The molecular formula is C18H20BrN3O3S. The first kappa shape index (κ1) is 20.1. The molecule has 0 bridgehead atoms. The second-order valence-electron chi connectivity index (χ2n) is 5.41. The molecule has 1 unspecified atom stereocenters. The van der Waals surface area contributed by atoms with E-state index in [1.165, 1.54) is 0 Å². The zero-order chi connectivity index (χ0) is 18.9. The van der Waals surface area contributed by atoms with Crippen LogP contribution in [-0.2, 0) is 4.79 Å². The first-order valence-corrected chi connectivity index (χ1v) is 10.1. The van der Waals surface area contributed by atoms with Crippen molar-refractivity contribution in [2.75, 3.05) is 17.3 Å². The maximum atomic E-state index is 12.3. The Kier molecular flexibility index (Phi) is 7.80. The van der Waals surface area contributed by atoms with Gasteiger partial charge in [0.05, 0.1) is 0 Å². The number of hydrogen-bond acceptors (Lipinski definition) is 4. The van der Waals surface area contributed by atoms with Crippen molar-refractivity contribution >= 4 is 45.3 Å². The van der Waals surface area contributed by atoms with Gasteiger partial charge in [0.1, 0.15) is 17.5 Å². The lowest BCUT2D eigenvalue weighted by Gasteiger charge is -2.17. The number of nitrogens with two attached hydrogens (primary N) is 1. The Morgan fingerprint density at radius 2 is 1.69 bits per heavy atom. The van der Waals surface area contributed by atoms with E-state index in [-0.39, 0.29) is 5.91 Å². The number of benzene rings is 2. The highest BCUT2D eigenvalue weighted by Gasteiger charge is 2.19. The molecule has 6 nitrogen and oxygen atoms in total. The molecule has 0 radical (unpaired) electrons. The van der Waals surface area contributed by atoms with Crippen LogP contribution in [0.4, 0.5) is 10.5 Å². The molecule has 0 spiro atoms. The van der Waals surface area contributed by atoms with Gasteiger partial charge < -0.3 is 21.1 Å². The number of carbonyl (C=O) groups is 2. The number of anilines is 1. The number of carbonyl (C=O) groups excluding carboxylic acids is 2. The average Bonchev–Trinajstić information content (AvgIpc) is 2.62. The third-order valence-corrected chi connectivity index (χ3v) is 4.59. The number of rotatable bonds is 8. The maximum Gasteiger partial charge on any atom is 0.312 e. The van der Waals surface area contributed by atoms with Gasteiger partial charge in [-0.25, -0.2) is 4.79 Å². The number of urea groups is 1. The number of thioether (sulfide) groups is 1. The molecule has 1 atom stereocenters. The fourth-order valence-electron chi connectivity index (χ4n) is 2.15. The summed E-state index contributed by atoms with van der Waals surface area (Å²) in [5, 5.41) is 5.24. The van der Waals surface area contributed by atoms with Gasteiger partial charge in [0.25, 0.3) is 0 Å². The van der Waals surface area contributed by atoms with Crippen molar-refractivity contribution in [2.24, 2.45) is 5.73 Å². The molecule has 4 N–H and O–H groups in total. The Morgan fingerprint density at radius 3 is 2.23 bits per heavy atom. The van der Waals surface area contributed by atoms with Gasteiger partial charge in [0.2, 0.25) is 5.91 Å². The molecule has 0 saturated carbocycles. The third-order valence-electron chi connectivity index (χ3n) is 3.41. The topological polar surface area (TPSA) is 93.5 Å². The van der Waals surface area contributed by atoms with Crippen LogP contribution in [-0.4, -0.2) is 30.0 Å². The number of halogens is 1. The summed E-state index contributed by atoms with van der Waals surface area (Å²) in [6.45, 7) is 0. The van der Waals surface area contributed by atoms with Gasteiger partial charge in [-0.05, 0) is 67.0 Å². The summed E-state index contributed by atoms with van der Waals surface area (Å²) in [5.41, 5.74) is 5.75. The van der Waals surface area contributed by atoms with Crippen molar-refractivity contribution in [2.45, 2.75) is 12.5 Å². The van der Waals surface area contributed by atoms with E-state index in [1.807, 2.05) is 30.5 Å². The number of primary amides is 1. The monoisotopic (exact) mass is 437 g/mol. The highest BCUT2D eigenvalue weighted by molar-refractivity contribution is 9.10. The summed E-state index contributed by atoms with van der Waals surface area (Å²) < 4.78 is 6.71. The van der Waals surface area contributed by atoms with Crippen LogP contribution >= 0.6 is 27.7 Å². The number of ether oxygens (including phenoxy) is 1. The lowest BCUT2D eigenvalue weighted by molar-refractivity contribution is -0.117. The van der Waals surface area contributed by atoms with Gasteiger partial charge in [0, 0.05) is 10.2 Å². The molecule has 138 valence electrons. The molecule has 8 heteroatoms. The van der Waals surface area contributed by atoms with E-state index in [4.69, 9.17) is 10.5 Å². The average molecular weight is 438 g/mol. The van der Waals surface area contributed by atoms with E-state index in [0.717, 1.165) is 10.2 Å². The molecule has 0 aliphatic rings. The summed E-state index contributed by atoms with van der Waals surface area (Å²) in [7, 11) is 0. The molecule has 2 aromatic carbocycles. The molecule has 0 fully saturated rings. The molecule has 0 saturated heterocycles. The predicted molar refractivity (Wildman–Crippen MR) is 109 cm³/mol. The van der Waals surface area contributed by atoms with Crippen molar-refractivity contribution in [1.29, 1.82) is 0 Å². The summed E-state index contributed by atoms with van der Waals surface area (Å²) >= 11 is 4.97. The highest BCUT2D eigenvalue weighted by Crippen LogP contribution is 2.24. The first-order chi connectivity index (χ1) is 12.5. The lowest BCUT2D eigenvalue weighted by Crippen LogP contribution is -2.46. The molecule has 0 heterocycles. The van der Waals surface area contributed by atoms with Crippen molar-refractivity contribution in [1.82, 2.24) is 5.32 Å². The van der Waals surface area contributed by atoms with Gasteiger partial charge in [-0.15, -0.1) is 0 Å². The lowest BCUT2D eigenvalue weighted by atomic mass is 10.2. The van der Waals surface area contributed by atoms with E-state index in [2.05, 4.69) is 26.6 Å². The van der Waals surface area contributed by atoms with Crippen molar-refractivity contribution in [3.8, 4) is 11.5 Å². The maximum absolute atomic E-state index is 12.3. The molecule has 0 aliphatic carbocycles. The van der Waals surface area contributed by atoms with Crippen LogP contribution in [0.3, 0.4) is 0 Å². The number of amides is 3. The predicted octanol–water partition coefficient (Wildman–Crippen LogP) is 3.97. The van der Waals surface area contributed by atoms with Crippen LogP contribution in [0.1, 0.15) is 6.42 Å². The van der Waals surface area contributed by atoms with E-state index in [1.54, 1.807) is 36.0 Å².